The Labute approximate surface area is 488 Å². The van der Waals surface area contributed by atoms with Gasteiger partial charge >= 0.3 is 17.9 Å². The summed E-state index contributed by atoms with van der Waals surface area (Å²) in [5.74, 6) is -0.926. The third kappa shape index (κ3) is 64.5. The maximum Gasteiger partial charge on any atom is 0.306 e. The molecular formula is C73H122O6. The number of esters is 3. The molecule has 0 radical (unpaired) electrons. The average Bonchev–Trinajstić information content (AvgIpc) is 3.45. The van der Waals surface area contributed by atoms with E-state index in [0.717, 1.165) is 135 Å². The molecule has 6 nitrogen and oxygen atoms in total. The summed E-state index contributed by atoms with van der Waals surface area (Å²) >= 11 is 0. The summed E-state index contributed by atoms with van der Waals surface area (Å²) in [4.78, 5) is 38.3. The fourth-order valence-electron chi connectivity index (χ4n) is 9.02. The van der Waals surface area contributed by atoms with Crippen molar-refractivity contribution in [3.8, 4) is 0 Å². The molecule has 0 fully saturated rings. The highest BCUT2D eigenvalue weighted by Crippen LogP contribution is 2.16. The molecule has 1 atom stereocenters. The molecule has 0 bridgehead atoms. The number of carbonyl (C=O) groups excluding carboxylic acids is 3. The van der Waals surface area contributed by atoms with Gasteiger partial charge in [-0.15, -0.1) is 0 Å². The zero-order valence-electron chi connectivity index (χ0n) is 51.6. The monoisotopic (exact) mass is 1090 g/mol. The molecule has 0 spiro atoms. The van der Waals surface area contributed by atoms with Gasteiger partial charge in [0.25, 0.3) is 0 Å². The first-order valence-corrected chi connectivity index (χ1v) is 33.0. The van der Waals surface area contributed by atoms with Crippen LogP contribution in [0.1, 0.15) is 303 Å². The van der Waals surface area contributed by atoms with Gasteiger partial charge in [-0.25, -0.2) is 0 Å². The Morgan fingerprint density at radius 1 is 0.266 bits per heavy atom. The molecule has 450 valence electrons. The summed E-state index contributed by atoms with van der Waals surface area (Å²) in [5, 5.41) is 0. The van der Waals surface area contributed by atoms with Crippen molar-refractivity contribution in [2.45, 2.75) is 309 Å². The molecule has 1 unspecified atom stereocenters. The Balaban J connectivity index is 4.38. The van der Waals surface area contributed by atoms with Gasteiger partial charge in [0.15, 0.2) is 6.10 Å². The van der Waals surface area contributed by atoms with E-state index in [9.17, 15) is 14.4 Å². The summed E-state index contributed by atoms with van der Waals surface area (Å²) in [6, 6.07) is 0. The summed E-state index contributed by atoms with van der Waals surface area (Å²) in [5.41, 5.74) is 0. The van der Waals surface area contributed by atoms with Crippen LogP contribution in [-0.4, -0.2) is 37.2 Å². The van der Waals surface area contributed by atoms with Gasteiger partial charge in [-0.05, 0) is 116 Å². The van der Waals surface area contributed by atoms with Crippen molar-refractivity contribution in [1.29, 1.82) is 0 Å². The second kappa shape index (κ2) is 66.3. The highest BCUT2D eigenvalue weighted by atomic mass is 16.6. The number of unbranched alkanes of at least 4 members (excludes halogenated alkanes) is 28. The number of ether oxygens (including phenoxy) is 3. The lowest BCUT2D eigenvalue weighted by molar-refractivity contribution is -0.167. The second-order valence-corrected chi connectivity index (χ2v) is 21.6. The van der Waals surface area contributed by atoms with Gasteiger partial charge in [-0.3, -0.25) is 14.4 Å². The zero-order valence-corrected chi connectivity index (χ0v) is 51.6. The van der Waals surface area contributed by atoms with Crippen LogP contribution in [0.3, 0.4) is 0 Å². The Morgan fingerprint density at radius 3 is 0.797 bits per heavy atom. The molecule has 0 saturated heterocycles. The molecule has 0 aromatic carbocycles. The van der Waals surface area contributed by atoms with E-state index >= 15 is 0 Å². The molecule has 0 amide bonds. The van der Waals surface area contributed by atoms with Crippen LogP contribution in [0.15, 0.2) is 122 Å². The van der Waals surface area contributed by atoms with Crippen LogP contribution in [0.4, 0.5) is 0 Å². The van der Waals surface area contributed by atoms with Crippen molar-refractivity contribution < 1.29 is 28.6 Å². The van der Waals surface area contributed by atoms with Crippen molar-refractivity contribution >= 4 is 17.9 Å². The molecule has 0 aromatic heterocycles. The van der Waals surface area contributed by atoms with Crippen molar-refractivity contribution in [2.75, 3.05) is 13.2 Å². The number of carbonyl (C=O) groups is 3. The minimum absolute atomic E-state index is 0.0910. The van der Waals surface area contributed by atoms with Gasteiger partial charge < -0.3 is 14.2 Å². The normalized spacial score (nSPS) is 12.9. The molecule has 0 N–H and O–H groups in total. The van der Waals surface area contributed by atoms with E-state index in [0.29, 0.717) is 19.3 Å². The van der Waals surface area contributed by atoms with E-state index in [1.54, 1.807) is 0 Å². The minimum Gasteiger partial charge on any atom is -0.462 e. The van der Waals surface area contributed by atoms with E-state index in [1.807, 2.05) is 0 Å². The first-order chi connectivity index (χ1) is 39.0. The highest BCUT2D eigenvalue weighted by molar-refractivity contribution is 5.71. The van der Waals surface area contributed by atoms with Gasteiger partial charge in [-0.1, -0.05) is 290 Å². The predicted molar refractivity (Wildman–Crippen MR) is 343 cm³/mol. The quantitative estimate of drug-likeness (QED) is 0.0261. The van der Waals surface area contributed by atoms with Crippen molar-refractivity contribution in [1.82, 2.24) is 0 Å². The maximum absolute atomic E-state index is 12.9. The summed E-state index contributed by atoms with van der Waals surface area (Å²) < 4.78 is 16.9. The first-order valence-electron chi connectivity index (χ1n) is 33.0. The standard InChI is InChI=1S/C73H122O6/c1-4-7-10-13-16-19-22-25-28-29-30-31-32-33-34-35-36-37-38-39-40-41-42-43-46-48-51-54-57-60-63-66-72(75)78-69-70(79-73(76)67-64-61-58-55-52-49-45-27-24-21-18-15-12-9-6-3)68-77-71(74)65-62-59-56-53-50-47-44-26-23-20-17-14-11-8-5-2/h7,10,16,19,25,27-28,30-31,33-34,36-37,39-40,42-43,45,48,51,70H,4-6,8-9,11-15,17-18,20-24,26,29,32,35,38,41,44,46-47,49-50,52-69H2,1-3H3/b10-7-,19-16-,28-25-,31-30-,34-33-,37-36-,40-39-,43-42-,45-27-,51-48-. The van der Waals surface area contributed by atoms with E-state index in [-0.39, 0.29) is 31.1 Å². The number of allylic oxidation sites excluding steroid dienone is 20. The minimum atomic E-state index is -0.798. The van der Waals surface area contributed by atoms with Crippen LogP contribution in [0.5, 0.6) is 0 Å². The van der Waals surface area contributed by atoms with Gasteiger partial charge in [0.1, 0.15) is 13.2 Å². The van der Waals surface area contributed by atoms with E-state index in [4.69, 9.17) is 14.2 Å². The zero-order chi connectivity index (χ0) is 57.1. The summed E-state index contributed by atoms with van der Waals surface area (Å²) in [6.07, 6.45) is 92.1. The molecule has 0 rings (SSSR count). The fourth-order valence-corrected chi connectivity index (χ4v) is 9.02. The van der Waals surface area contributed by atoms with Crippen LogP contribution in [0.2, 0.25) is 0 Å². The van der Waals surface area contributed by atoms with Gasteiger partial charge in [0.2, 0.25) is 0 Å². The van der Waals surface area contributed by atoms with Crippen molar-refractivity contribution in [3.63, 3.8) is 0 Å². The molecule has 0 heterocycles. The SMILES string of the molecule is CC/C=C\C/C=C\C/C=C\C/C=C\C/C=C\C/C=C\C/C=C\C/C=C\C/C=C\CCCCCC(=O)OCC(COC(=O)CCCCCCCCCCCCCCCCC)OC(=O)CCCCCCC/C=C\CCCCCCCC. The molecular weight excluding hydrogens is 973 g/mol. The fraction of sp³-hybridized carbons (Fsp3) is 0.685. The Morgan fingerprint density at radius 2 is 0.494 bits per heavy atom. The van der Waals surface area contributed by atoms with Crippen LogP contribution in [-0.2, 0) is 28.6 Å². The lowest BCUT2D eigenvalue weighted by atomic mass is 10.0. The second-order valence-electron chi connectivity index (χ2n) is 21.6. The van der Waals surface area contributed by atoms with Gasteiger partial charge in [0, 0.05) is 19.3 Å². The molecule has 79 heavy (non-hydrogen) atoms. The summed E-state index contributed by atoms with van der Waals surface area (Å²) in [6.45, 7) is 6.51. The molecule has 0 aromatic rings. The number of hydrogen-bond acceptors (Lipinski definition) is 6. The Hall–Kier alpha value is -4.19. The average molecular weight is 1100 g/mol. The van der Waals surface area contributed by atoms with Gasteiger partial charge in [-0.2, -0.15) is 0 Å². The van der Waals surface area contributed by atoms with Crippen molar-refractivity contribution in [2.24, 2.45) is 0 Å². The van der Waals surface area contributed by atoms with E-state index in [2.05, 4.69) is 142 Å². The predicted octanol–water partition coefficient (Wildman–Crippen LogP) is 22.8. The Kier molecular flexibility index (Phi) is 62.8. The molecule has 6 heteroatoms. The topological polar surface area (TPSA) is 78.9 Å². The summed E-state index contributed by atoms with van der Waals surface area (Å²) in [7, 11) is 0. The van der Waals surface area contributed by atoms with E-state index < -0.39 is 6.10 Å². The maximum atomic E-state index is 12.9. The molecule has 0 aliphatic rings. The third-order valence-corrected chi connectivity index (χ3v) is 14.0. The number of hydrogen-bond donors (Lipinski definition) is 0. The largest absolute Gasteiger partial charge is 0.462 e. The molecule has 0 saturated carbocycles. The highest BCUT2D eigenvalue weighted by Gasteiger charge is 2.19. The van der Waals surface area contributed by atoms with Crippen LogP contribution in [0, 0.1) is 0 Å². The Bertz CT molecular complexity index is 1640. The van der Waals surface area contributed by atoms with Crippen molar-refractivity contribution in [3.05, 3.63) is 122 Å². The first kappa shape index (κ1) is 74.8. The van der Waals surface area contributed by atoms with Crippen LogP contribution in [0.25, 0.3) is 0 Å². The molecule has 0 aliphatic heterocycles. The third-order valence-electron chi connectivity index (χ3n) is 14.0. The van der Waals surface area contributed by atoms with E-state index in [1.165, 1.54) is 128 Å². The number of rotatable bonds is 59. The molecule has 0 aliphatic carbocycles. The lowest BCUT2D eigenvalue weighted by Gasteiger charge is -2.18. The smallest absolute Gasteiger partial charge is 0.306 e. The lowest BCUT2D eigenvalue weighted by Crippen LogP contribution is -2.30. The van der Waals surface area contributed by atoms with Gasteiger partial charge in [0.05, 0.1) is 0 Å². The van der Waals surface area contributed by atoms with Crippen LogP contribution >= 0.6 is 0 Å². The van der Waals surface area contributed by atoms with Crippen LogP contribution < -0.4 is 0 Å².